The molecule has 4 nitrogen and oxygen atoms in total. The van der Waals surface area contributed by atoms with E-state index in [2.05, 4.69) is 50.0 Å². The molecule has 22 heavy (non-hydrogen) atoms. The highest BCUT2D eigenvalue weighted by Crippen LogP contribution is 2.14. The van der Waals surface area contributed by atoms with Crippen LogP contribution >= 0.6 is 0 Å². The van der Waals surface area contributed by atoms with E-state index < -0.39 is 0 Å². The Balaban J connectivity index is 2.01. The van der Waals surface area contributed by atoms with Gasteiger partial charge in [0.25, 0.3) is 5.91 Å². The Hall–Kier alpha value is -1.39. The van der Waals surface area contributed by atoms with E-state index in [0.29, 0.717) is 12.1 Å². The molecule has 122 valence electrons. The van der Waals surface area contributed by atoms with E-state index in [1.807, 2.05) is 17.0 Å². The van der Waals surface area contributed by atoms with Gasteiger partial charge in [0.2, 0.25) is 0 Å². The van der Waals surface area contributed by atoms with Gasteiger partial charge >= 0.3 is 0 Å². The average molecular weight is 303 g/mol. The van der Waals surface area contributed by atoms with E-state index in [1.165, 1.54) is 5.56 Å². The summed E-state index contributed by atoms with van der Waals surface area (Å²) in [5.74, 6) is 0.151. The zero-order valence-corrected chi connectivity index (χ0v) is 14.3. The molecule has 1 heterocycles. The molecule has 0 spiro atoms. The van der Waals surface area contributed by atoms with E-state index in [0.717, 1.165) is 38.3 Å². The number of hydrogen-bond donors (Lipinski definition) is 1. The summed E-state index contributed by atoms with van der Waals surface area (Å²) in [5.41, 5.74) is 2.06. The van der Waals surface area contributed by atoms with Crippen LogP contribution in [-0.2, 0) is 6.54 Å². The summed E-state index contributed by atoms with van der Waals surface area (Å²) in [6, 6.07) is 9.15. The predicted octanol–water partition coefficient (Wildman–Crippen LogP) is 2.35. The number of benzene rings is 1. The van der Waals surface area contributed by atoms with E-state index in [9.17, 15) is 4.79 Å². The Morgan fingerprint density at radius 2 is 1.64 bits per heavy atom. The first-order valence-corrected chi connectivity index (χ1v) is 8.33. The number of amides is 1. The van der Waals surface area contributed by atoms with Crippen molar-refractivity contribution in [3.8, 4) is 0 Å². The second-order valence-corrected chi connectivity index (χ2v) is 6.60. The number of hydrogen-bond acceptors (Lipinski definition) is 3. The third kappa shape index (κ3) is 4.31. The van der Waals surface area contributed by atoms with Crippen LogP contribution in [0.5, 0.6) is 0 Å². The third-order valence-electron chi connectivity index (χ3n) is 4.30. The van der Waals surface area contributed by atoms with Crippen LogP contribution in [0.3, 0.4) is 0 Å². The van der Waals surface area contributed by atoms with Gasteiger partial charge in [-0.1, -0.05) is 12.1 Å². The maximum absolute atomic E-state index is 12.4. The van der Waals surface area contributed by atoms with Gasteiger partial charge in [0.1, 0.15) is 0 Å². The fraction of sp³-hybridized carbons (Fsp3) is 0.611. The van der Waals surface area contributed by atoms with Crippen LogP contribution in [0.2, 0.25) is 0 Å². The molecule has 4 heteroatoms. The maximum atomic E-state index is 12.4. The first kappa shape index (κ1) is 17.0. The number of rotatable bonds is 5. The summed E-state index contributed by atoms with van der Waals surface area (Å²) in [4.78, 5) is 16.8. The number of nitrogens with one attached hydrogen (secondary N) is 1. The van der Waals surface area contributed by atoms with Crippen LogP contribution < -0.4 is 5.32 Å². The molecular weight excluding hydrogens is 274 g/mol. The molecule has 1 aromatic rings. The van der Waals surface area contributed by atoms with Crippen LogP contribution in [0, 0.1) is 0 Å². The molecule has 2 rings (SSSR count). The van der Waals surface area contributed by atoms with Gasteiger partial charge in [0.15, 0.2) is 0 Å². The molecule has 1 fully saturated rings. The van der Waals surface area contributed by atoms with Crippen molar-refractivity contribution in [3.05, 3.63) is 35.4 Å². The zero-order chi connectivity index (χ0) is 16.1. The van der Waals surface area contributed by atoms with Gasteiger partial charge in [-0.15, -0.1) is 0 Å². The molecule has 1 amide bonds. The monoisotopic (exact) mass is 303 g/mol. The fourth-order valence-electron chi connectivity index (χ4n) is 2.98. The quantitative estimate of drug-likeness (QED) is 0.907. The standard InChI is InChI=1S/C18H29N3O/c1-14(2)21(15(3)4)13-16-5-7-17(8-6-16)18(22)20-11-9-19-10-12-20/h5-8,14-15,19H,9-13H2,1-4H3. The highest BCUT2D eigenvalue weighted by molar-refractivity contribution is 5.94. The molecule has 1 N–H and O–H groups in total. The summed E-state index contributed by atoms with van der Waals surface area (Å²) in [7, 11) is 0. The van der Waals surface area contributed by atoms with Crippen LogP contribution in [0.1, 0.15) is 43.6 Å². The molecule has 0 aliphatic carbocycles. The smallest absolute Gasteiger partial charge is 0.253 e. The number of carbonyl (C=O) groups is 1. The Kier molecular flexibility index (Phi) is 5.98. The molecule has 0 unspecified atom stereocenters. The van der Waals surface area contributed by atoms with Crippen LogP contribution in [-0.4, -0.2) is 54.0 Å². The number of nitrogens with zero attached hydrogens (tertiary/aromatic N) is 2. The molecule has 1 aromatic carbocycles. The molecule has 0 aromatic heterocycles. The minimum atomic E-state index is 0.151. The van der Waals surface area contributed by atoms with Gasteiger partial charge < -0.3 is 10.2 Å². The summed E-state index contributed by atoms with van der Waals surface area (Å²) in [5, 5.41) is 3.27. The SMILES string of the molecule is CC(C)N(Cc1ccc(C(=O)N2CCNCC2)cc1)C(C)C. The largest absolute Gasteiger partial charge is 0.336 e. The van der Waals surface area contributed by atoms with Crippen molar-refractivity contribution in [1.82, 2.24) is 15.1 Å². The van der Waals surface area contributed by atoms with E-state index in [1.54, 1.807) is 0 Å². The van der Waals surface area contributed by atoms with Crippen molar-refractivity contribution in [2.24, 2.45) is 0 Å². The number of piperazine rings is 1. The minimum Gasteiger partial charge on any atom is -0.336 e. The summed E-state index contributed by atoms with van der Waals surface area (Å²) < 4.78 is 0. The van der Waals surface area contributed by atoms with Crippen molar-refractivity contribution in [2.45, 2.75) is 46.3 Å². The highest BCUT2D eigenvalue weighted by atomic mass is 16.2. The lowest BCUT2D eigenvalue weighted by Gasteiger charge is -2.30. The van der Waals surface area contributed by atoms with Crippen molar-refractivity contribution < 1.29 is 4.79 Å². The van der Waals surface area contributed by atoms with E-state index in [-0.39, 0.29) is 5.91 Å². The van der Waals surface area contributed by atoms with E-state index >= 15 is 0 Å². The summed E-state index contributed by atoms with van der Waals surface area (Å²) >= 11 is 0. The molecule has 1 aliphatic rings. The first-order chi connectivity index (χ1) is 10.5. The zero-order valence-electron chi connectivity index (χ0n) is 14.3. The average Bonchev–Trinajstić information content (AvgIpc) is 2.52. The maximum Gasteiger partial charge on any atom is 0.253 e. The second kappa shape index (κ2) is 7.75. The van der Waals surface area contributed by atoms with Crippen LogP contribution in [0.15, 0.2) is 24.3 Å². The lowest BCUT2D eigenvalue weighted by molar-refractivity contribution is 0.0735. The highest BCUT2D eigenvalue weighted by Gasteiger charge is 2.18. The predicted molar refractivity (Wildman–Crippen MR) is 91.0 cm³/mol. The van der Waals surface area contributed by atoms with E-state index in [4.69, 9.17) is 0 Å². The Bertz CT molecular complexity index is 468. The first-order valence-electron chi connectivity index (χ1n) is 8.33. The Morgan fingerprint density at radius 1 is 1.09 bits per heavy atom. The second-order valence-electron chi connectivity index (χ2n) is 6.60. The van der Waals surface area contributed by atoms with Gasteiger partial charge in [-0.25, -0.2) is 0 Å². The van der Waals surface area contributed by atoms with Gasteiger partial charge in [-0.05, 0) is 45.4 Å². The lowest BCUT2D eigenvalue weighted by Crippen LogP contribution is -2.46. The van der Waals surface area contributed by atoms with Crippen molar-refractivity contribution in [1.29, 1.82) is 0 Å². The topological polar surface area (TPSA) is 35.6 Å². The van der Waals surface area contributed by atoms with Gasteiger partial charge in [0, 0.05) is 50.4 Å². The fourth-order valence-corrected chi connectivity index (χ4v) is 2.98. The molecule has 0 bridgehead atoms. The molecule has 1 aliphatic heterocycles. The van der Waals surface area contributed by atoms with Gasteiger partial charge in [-0.3, -0.25) is 9.69 Å². The summed E-state index contributed by atoms with van der Waals surface area (Å²) in [6.45, 7) is 13.2. The van der Waals surface area contributed by atoms with Crippen LogP contribution in [0.4, 0.5) is 0 Å². The van der Waals surface area contributed by atoms with Gasteiger partial charge in [0.05, 0.1) is 0 Å². The summed E-state index contributed by atoms with van der Waals surface area (Å²) in [6.07, 6.45) is 0. The third-order valence-corrected chi connectivity index (χ3v) is 4.30. The Morgan fingerprint density at radius 3 is 2.14 bits per heavy atom. The van der Waals surface area contributed by atoms with Crippen LogP contribution in [0.25, 0.3) is 0 Å². The molecular formula is C18H29N3O. The minimum absolute atomic E-state index is 0.151. The molecule has 0 radical (unpaired) electrons. The van der Waals surface area contributed by atoms with Crippen molar-refractivity contribution >= 4 is 5.91 Å². The molecule has 0 saturated carbocycles. The van der Waals surface area contributed by atoms with Gasteiger partial charge in [-0.2, -0.15) is 0 Å². The molecule has 0 atom stereocenters. The molecule has 1 saturated heterocycles. The van der Waals surface area contributed by atoms with Crippen molar-refractivity contribution in [2.75, 3.05) is 26.2 Å². The lowest BCUT2D eigenvalue weighted by atomic mass is 10.1. The normalized spacial score (nSPS) is 15.9. The number of carbonyl (C=O) groups excluding carboxylic acids is 1. The Labute approximate surface area is 134 Å². The van der Waals surface area contributed by atoms with Crippen molar-refractivity contribution in [3.63, 3.8) is 0 Å².